The van der Waals surface area contributed by atoms with Crippen molar-refractivity contribution < 1.29 is 9.53 Å². The molecule has 0 aliphatic rings. The van der Waals surface area contributed by atoms with Crippen LogP contribution < -0.4 is 15.4 Å². The Bertz CT molecular complexity index is 877. The van der Waals surface area contributed by atoms with Gasteiger partial charge in [0, 0.05) is 18.1 Å². The number of nitrogens with zero attached hydrogens (tertiary/aromatic N) is 2. The topological polar surface area (TPSA) is 76.1 Å². The smallest absolute Gasteiger partial charge is 0.226 e. The van der Waals surface area contributed by atoms with Crippen molar-refractivity contribution in [3.63, 3.8) is 0 Å². The average Bonchev–Trinajstić information content (AvgIpc) is 3.07. The summed E-state index contributed by atoms with van der Waals surface area (Å²) in [7, 11) is 1.63. The molecule has 2 N–H and O–H groups in total. The summed E-state index contributed by atoms with van der Waals surface area (Å²) in [6.45, 7) is 2.48. The third-order valence-electron chi connectivity index (χ3n) is 3.69. The Morgan fingerprint density at radius 1 is 1.23 bits per heavy atom. The van der Waals surface area contributed by atoms with Crippen LogP contribution in [0.4, 0.5) is 10.9 Å². The second kappa shape index (κ2) is 8.44. The predicted molar refractivity (Wildman–Crippen MR) is 103 cm³/mol. The zero-order valence-electron chi connectivity index (χ0n) is 14.7. The van der Waals surface area contributed by atoms with E-state index in [1.165, 1.54) is 11.3 Å². The number of carbonyl (C=O) groups is 1. The van der Waals surface area contributed by atoms with Crippen molar-refractivity contribution in [1.82, 2.24) is 15.3 Å². The quantitative estimate of drug-likeness (QED) is 0.668. The van der Waals surface area contributed by atoms with E-state index in [1.54, 1.807) is 13.3 Å². The van der Waals surface area contributed by atoms with Crippen LogP contribution in [0.25, 0.3) is 0 Å². The van der Waals surface area contributed by atoms with Crippen molar-refractivity contribution in [2.75, 3.05) is 12.4 Å². The molecule has 2 heterocycles. The summed E-state index contributed by atoms with van der Waals surface area (Å²) in [5.41, 5.74) is 2.87. The Morgan fingerprint density at radius 2 is 2.04 bits per heavy atom. The van der Waals surface area contributed by atoms with E-state index >= 15 is 0 Å². The van der Waals surface area contributed by atoms with Crippen LogP contribution in [0, 0.1) is 6.92 Å². The minimum absolute atomic E-state index is 0.0636. The number of carbonyl (C=O) groups excluding carboxylic acids is 1. The van der Waals surface area contributed by atoms with Crippen LogP contribution in [-0.2, 0) is 17.8 Å². The summed E-state index contributed by atoms with van der Waals surface area (Å²) in [5, 5.41) is 8.67. The number of rotatable bonds is 7. The molecular weight excluding hydrogens is 348 g/mol. The number of aryl methyl sites for hydroxylation is 1. The Balaban J connectivity index is 1.50. The van der Waals surface area contributed by atoms with Crippen molar-refractivity contribution in [3.05, 3.63) is 64.8 Å². The van der Waals surface area contributed by atoms with Gasteiger partial charge in [-0.2, -0.15) is 0 Å². The lowest BCUT2D eigenvalue weighted by Crippen LogP contribution is -2.24. The molecule has 6 nitrogen and oxygen atoms in total. The number of hydrogen-bond acceptors (Lipinski definition) is 6. The largest absolute Gasteiger partial charge is 0.497 e. The van der Waals surface area contributed by atoms with E-state index in [-0.39, 0.29) is 12.3 Å². The lowest BCUT2D eigenvalue weighted by Gasteiger charge is -2.05. The summed E-state index contributed by atoms with van der Waals surface area (Å²) in [6.07, 6.45) is 1.99. The summed E-state index contributed by atoms with van der Waals surface area (Å²) in [4.78, 5) is 20.8. The number of anilines is 2. The number of hydrogen-bond donors (Lipinski definition) is 2. The Hall–Kier alpha value is -2.93. The molecule has 0 saturated heterocycles. The maximum Gasteiger partial charge on any atom is 0.226 e. The summed E-state index contributed by atoms with van der Waals surface area (Å²) >= 11 is 1.45. The first-order chi connectivity index (χ1) is 12.6. The van der Waals surface area contributed by atoms with E-state index in [0.29, 0.717) is 6.54 Å². The predicted octanol–water partition coefficient (Wildman–Crippen LogP) is 3.46. The monoisotopic (exact) mass is 368 g/mol. The van der Waals surface area contributed by atoms with Gasteiger partial charge in [0.05, 0.1) is 19.2 Å². The number of nitrogens with one attached hydrogen (secondary N) is 2. The zero-order chi connectivity index (χ0) is 18.4. The second-order valence-corrected chi connectivity index (χ2v) is 6.65. The van der Waals surface area contributed by atoms with Crippen molar-refractivity contribution in [2.24, 2.45) is 0 Å². The van der Waals surface area contributed by atoms with Gasteiger partial charge < -0.3 is 15.4 Å². The normalized spacial score (nSPS) is 10.4. The number of benzene rings is 1. The highest BCUT2D eigenvalue weighted by molar-refractivity contribution is 7.13. The molecule has 3 rings (SSSR count). The number of thiazole rings is 1. The molecule has 0 atom stereocenters. The van der Waals surface area contributed by atoms with Crippen LogP contribution in [0.2, 0.25) is 0 Å². The van der Waals surface area contributed by atoms with Gasteiger partial charge in [-0.1, -0.05) is 12.1 Å². The highest BCUT2D eigenvalue weighted by Crippen LogP contribution is 2.20. The minimum Gasteiger partial charge on any atom is -0.497 e. The molecular formula is C19H20N4O2S. The molecule has 134 valence electrons. The lowest BCUT2D eigenvalue weighted by molar-refractivity contribution is -0.120. The van der Waals surface area contributed by atoms with Crippen LogP contribution in [0.5, 0.6) is 5.75 Å². The molecule has 1 amide bonds. The molecule has 0 aliphatic carbocycles. The van der Waals surface area contributed by atoms with Crippen LogP contribution in [0.15, 0.2) is 48.0 Å². The molecule has 0 radical (unpaired) electrons. The molecule has 0 bridgehead atoms. The molecule has 2 aromatic heterocycles. The van der Waals surface area contributed by atoms with Crippen molar-refractivity contribution in [1.29, 1.82) is 0 Å². The zero-order valence-corrected chi connectivity index (χ0v) is 15.5. The fourth-order valence-corrected chi connectivity index (χ4v) is 3.05. The molecule has 1 aromatic carbocycles. The highest BCUT2D eigenvalue weighted by Gasteiger charge is 2.08. The molecule has 3 aromatic rings. The number of amides is 1. The minimum atomic E-state index is -0.0636. The van der Waals surface area contributed by atoms with Gasteiger partial charge in [0.15, 0.2) is 5.13 Å². The third-order valence-corrected chi connectivity index (χ3v) is 4.50. The molecule has 0 unspecified atom stereocenters. The van der Waals surface area contributed by atoms with Gasteiger partial charge in [0.25, 0.3) is 0 Å². The van der Waals surface area contributed by atoms with Crippen LogP contribution in [0.1, 0.15) is 16.8 Å². The van der Waals surface area contributed by atoms with Gasteiger partial charge in [-0.15, -0.1) is 11.3 Å². The maximum atomic E-state index is 12.1. The lowest BCUT2D eigenvalue weighted by atomic mass is 10.2. The SMILES string of the molecule is COc1ccc(CNC(=O)Cc2csc(Nc3cc(C)ccn3)n2)cc1. The summed E-state index contributed by atoms with van der Waals surface area (Å²) < 4.78 is 5.12. The van der Waals surface area contributed by atoms with E-state index in [0.717, 1.165) is 33.5 Å². The maximum absolute atomic E-state index is 12.1. The van der Waals surface area contributed by atoms with Crippen molar-refractivity contribution in [3.8, 4) is 5.75 Å². The van der Waals surface area contributed by atoms with Gasteiger partial charge in [0.1, 0.15) is 11.6 Å². The van der Waals surface area contributed by atoms with Gasteiger partial charge in [-0.25, -0.2) is 9.97 Å². The summed E-state index contributed by atoms with van der Waals surface area (Å²) in [5.74, 6) is 1.48. The van der Waals surface area contributed by atoms with Crippen LogP contribution in [-0.4, -0.2) is 23.0 Å². The van der Waals surface area contributed by atoms with Gasteiger partial charge in [-0.3, -0.25) is 4.79 Å². The Labute approximate surface area is 156 Å². The van der Waals surface area contributed by atoms with Crippen LogP contribution in [0.3, 0.4) is 0 Å². The number of aromatic nitrogens is 2. The van der Waals surface area contributed by atoms with Gasteiger partial charge in [0.2, 0.25) is 5.91 Å². The average molecular weight is 368 g/mol. The van der Waals surface area contributed by atoms with E-state index in [9.17, 15) is 4.79 Å². The van der Waals surface area contributed by atoms with Gasteiger partial charge in [-0.05, 0) is 42.3 Å². The highest BCUT2D eigenvalue weighted by atomic mass is 32.1. The van der Waals surface area contributed by atoms with Crippen LogP contribution >= 0.6 is 11.3 Å². The Kier molecular flexibility index (Phi) is 5.80. The number of pyridine rings is 1. The molecule has 0 fully saturated rings. The van der Waals surface area contributed by atoms with E-state index in [4.69, 9.17) is 4.74 Å². The molecule has 0 saturated carbocycles. The third kappa shape index (κ3) is 5.03. The molecule has 0 aliphatic heterocycles. The number of methoxy groups -OCH3 is 1. The Morgan fingerprint density at radius 3 is 2.77 bits per heavy atom. The van der Waals surface area contributed by atoms with E-state index in [2.05, 4.69) is 20.6 Å². The fraction of sp³-hybridized carbons (Fsp3) is 0.211. The first-order valence-electron chi connectivity index (χ1n) is 8.16. The first kappa shape index (κ1) is 17.9. The number of ether oxygens (including phenoxy) is 1. The van der Waals surface area contributed by atoms with Crippen molar-refractivity contribution >= 4 is 28.2 Å². The molecule has 26 heavy (non-hydrogen) atoms. The van der Waals surface area contributed by atoms with Gasteiger partial charge >= 0.3 is 0 Å². The first-order valence-corrected chi connectivity index (χ1v) is 9.04. The van der Waals surface area contributed by atoms with E-state index in [1.807, 2.05) is 48.7 Å². The molecule has 0 spiro atoms. The molecule has 7 heteroatoms. The van der Waals surface area contributed by atoms with E-state index < -0.39 is 0 Å². The van der Waals surface area contributed by atoms with Crippen molar-refractivity contribution in [2.45, 2.75) is 19.9 Å². The standard InChI is InChI=1S/C19H20N4O2S/c1-13-7-8-20-17(9-13)23-19-22-15(12-26-19)10-18(24)21-11-14-3-5-16(25-2)6-4-14/h3-9,12H,10-11H2,1-2H3,(H,21,24)(H,20,22,23). The fourth-order valence-electron chi connectivity index (χ4n) is 2.33. The summed E-state index contributed by atoms with van der Waals surface area (Å²) in [6, 6.07) is 11.5. The second-order valence-electron chi connectivity index (χ2n) is 5.79.